The van der Waals surface area contributed by atoms with E-state index < -0.39 is 58.3 Å². The summed E-state index contributed by atoms with van der Waals surface area (Å²) < 4.78 is 15.3. The van der Waals surface area contributed by atoms with Crippen LogP contribution in [0.4, 0.5) is 25.8 Å². The molecule has 5 amide bonds. The van der Waals surface area contributed by atoms with E-state index in [1.54, 1.807) is 34.6 Å². The number of non-ortho nitro benzene ring substituents is 1. The van der Waals surface area contributed by atoms with Crippen LogP contribution in [0.5, 0.6) is 5.75 Å². The van der Waals surface area contributed by atoms with Crippen molar-refractivity contribution in [3.05, 3.63) is 64.2 Å². The van der Waals surface area contributed by atoms with Crippen molar-refractivity contribution in [1.82, 2.24) is 16.0 Å². The fourth-order valence-corrected chi connectivity index (χ4v) is 3.86. The molecule has 7 N–H and O–H groups in total. The summed E-state index contributed by atoms with van der Waals surface area (Å²) in [5.74, 6) is -2.30. The molecule has 0 saturated heterocycles. The van der Waals surface area contributed by atoms with Crippen LogP contribution in [-0.4, -0.2) is 64.0 Å². The molecule has 2 aromatic rings. The molecule has 17 nitrogen and oxygen atoms in total. The van der Waals surface area contributed by atoms with Crippen LogP contribution in [0.2, 0.25) is 0 Å². The number of urea groups is 1. The second kappa shape index (κ2) is 16.7. The molecule has 2 atom stereocenters. The molecule has 0 bridgehead atoms. The Kier molecular flexibility index (Phi) is 13.4. The minimum atomic E-state index is -2.48. The fraction of sp³-hybridized carbons (Fsp3) is 0.433. The fourth-order valence-electron chi connectivity index (χ4n) is 3.86. The molecule has 2 rings (SSSR count). The van der Waals surface area contributed by atoms with Gasteiger partial charge in [-0.2, -0.15) is 0 Å². The Morgan fingerprint density at radius 1 is 1.00 bits per heavy atom. The average Bonchev–Trinajstić information content (AvgIpc) is 2.96. The monoisotopic (exact) mass is 660 g/mol. The van der Waals surface area contributed by atoms with E-state index in [0.717, 1.165) is 0 Å². The standard InChI is InChI=1S/C30H40N6O11/c1-18(2)23(34-27(40)47-29(3,4)5)24(37)35-30(42,15-6-16-32-26(31)39)25(38)33-20-9-7-19(8-10-20)17-45-28(41)46-22-13-11-21(12-14-22)36(43)44/h7-14,18,23,42H,6,15-17H2,1-5H3,(H,33,38)(H,34,40)(H,35,37)(H3,31,32,39)/t23-,30-/m0/s1. The van der Waals surface area contributed by atoms with Crippen LogP contribution in [0.15, 0.2) is 48.5 Å². The first-order valence-electron chi connectivity index (χ1n) is 14.4. The number of nitrogens with two attached hydrogens (primary N) is 1. The number of benzene rings is 2. The SMILES string of the molecule is CC(C)[C@H](NC(=O)OC(C)(C)C)C(=O)N[C@](O)(CCCNC(N)=O)C(=O)Nc1ccc(COC(=O)Oc2ccc([N+](=O)[O-])cc2)cc1. The summed E-state index contributed by atoms with van der Waals surface area (Å²) in [4.78, 5) is 72.1. The number of nitrogens with one attached hydrogen (secondary N) is 4. The number of aliphatic hydroxyl groups is 1. The lowest BCUT2D eigenvalue weighted by molar-refractivity contribution is -0.384. The number of hydrogen-bond acceptors (Lipinski definition) is 11. The second-order valence-electron chi connectivity index (χ2n) is 11.7. The summed E-state index contributed by atoms with van der Waals surface area (Å²) in [5.41, 5.74) is 2.29. The number of carbonyl (C=O) groups excluding carboxylic acids is 5. The van der Waals surface area contributed by atoms with Crippen molar-refractivity contribution in [3.8, 4) is 5.75 Å². The van der Waals surface area contributed by atoms with Crippen molar-refractivity contribution in [3.63, 3.8) is 0 Å². The lowest BCUT2D eigenvalue weighted by atomic mass is 10.0. The van der Waals surface area contributed by atoms with E-state index in [1.807, 2.05) is 0 Å². The molecule has 0 spiro atoms. The van der Waals surface area contributed by atoms with E-state index in [4.69, 9.17) is 19.9 Å². The molecule has 0 unspecified atom stereocenters. The van der Waals surface area contributed by atoms with Gasteiger partial charge >= 0.3 is 18.3 Å². The molecule has 2 aromatic carbocycles. The number of nitrogens with zero attached hydrogens (tertiary/aromatic N) is 1. The van der Waals surface area contributed by atoms with Gasteiger partial charge < -0.3 is 46.3 Å². The predicted molar refractivity (Wildman–Crippen MR) is 167 cm³/mol. The van der Waals surface area contributed by atoms with Crippen molar-refractivity contribution in [2.24, 2.45) is 11.7 Å². The van der Waals surface area contributed by atoms with Crippen molar-refractivity contribution in [2.75, 3.05) is 11.9 Å². The normalized spacial score (nSPS) is 12.9. The summed E-state index contributed by atoms with van der Waals surface area (Å²) in [5, 5.41) is 31.7. The molecule has 0 aliphatic rings. The predicted octanol–water partition coefficient (Wildman–Crippen LogP) is 3.05. The molecule has 0 fully saturated rings. The van der Waals surface area contributed by atoms with Gasteiger partial charge in [0.25, 0.3) is 11.6 Å². The Labute approximate surface area is 270 Å². The van der Waals surface area contributed by atoms with Gasteiger partial charge in [0.05, 0.1) is 4.92 Å². The first kappa shape index (κ1) is 37.7. The lowest BCUT2D eigenvalue weighted by Gasteiger charge is -2.31. The van der Waals surface area contributed by atoms with Crippen LogP contribution in [0.3, 0.4) is 0 Å². The number of anilines is 1. The van der Waals surface area contributed by atoms with Crippen molar-refractivity contribution in [1.29, 1.82) is 0 Å². The van der Waals surface area contributed by atoms with E-state index >= 15 is 0 Å². The number of rotatable bonds is 14. The number of ether oxygens (including phenoxy) is 3. The van der Waals surface area contributed by atoms with Crippen LogP contribution in [0, 0.1) is 16.0 Å². The highest BCUT2D eigenvalue weighted by atomic mass is 16.7. The topological polar surface area (TPSA) is 251 Å². The number of nitro groups is 1. The summed E-state index contributed by atoms with van der Waals surface area (Å²) in [6.07, 6.45) is -2.23. The smallest absolute Gasteiger partial charge is 0.444 e. The minimum Gasteiger partial charge on any atom is -0.444 e. The molecule has 0 saturated carbocycles. The number of hydrogen-bond donors (Lipinski definition) is 6. The molecule has 0 aliphatic carbocycles. The van der Waals surface area contributed by atoms with Crippen LogP contribution < -0.4 is 31.7 Å². The van der Waals surface area contributed by atoms with Gasteiger partial charge in [0, 0.05) is 30.8 Å². The average molecular weight is 661 g/mol. The Balaban J connectivity index is 2.08. The lowest BCUT2D eigenvalue weighted by Crippen LogP contribution is -2.62. The summed E-state index contributed by atoms with van der Waals surface area (Å²) in [7, 11) is 0. The first-order valence-corrected chi connectivity index (χ1v) is 14.4. The van der Waals surface area contributed by atoms with Crippen molar-refractivity contribution in [2.45, 2.75) is 71.4 Å². The van der Waals surface area contributed by atoms with Gasteiger partial charge in [-0.1, -0.05) is 26.0 Å². The second-order valence-corrected chi connectivity index (χ2v) is 11.7. The van der Waals surface area contributed by atoms with Crippen molar-refractivity contribution < 1.29 is 48.2 Å². The molecule has 0 aromatic heterocycles. The molecular formula is C30H40N6O11. The van der Waals surface area contributed by atoms with Crippen LogP contribution in [-0.2, 0) is 25.7 Å². The van der Waals surface area contributed by atoms with E-state index in [-0.39, 0.29) is 43.1 Å². The highest BCUT2D eigenvalue weighted by molar-refractivity contribution is 6.00. The van der Waals surface area contributed by atoms with Crippen molar-refractivity contribution >= 4 is 41.5 Å². The van der Waals surface area contributed by atoms with Gasteiger partial charge in [-0.25, -0.2) is 14.4 Å². The van der Waals surface area contributed by atoms with E-state index in [9.17, 15) is 39.2 Å². The van der Waals surface area contributed by atoms with Crippen LogP contribution >= 0.6 is 0 Å². The summed E-state index contributed by atoms with van der Waals surface area (Å²) >= 11 is 0. The third kappa shape index (κ3) is 13.2. The molecule has 47 heavy (non-hydrogen) atoms. The van der Waals surface area contributed by atoms with Gasteiger partial charge in [-0.15, -0.1) is 0 Å². The van der Waals surface area contributed by atoms with Gasteiger partial charge in [-0.3, -0.25) is 19.7 Å². The number of primary amides is 1. The zero-order valence-corrected chi connectivity index (χ0v) is 26.7. The molecule has 17 heteroatoms. The third-order valence-electron chi connectivity index (χ3n) is 6.16. The Hall–Kier alpha value is -5.45. The molecule has 0 aliphatic heterocycles. The van der Waals surface area contributed by atoms with Gasteiger partial charge in [0.1, 0.15) is 24.0 Å². The third-order valence-corrected chi connectivity index (χ3v) is 6.16. The maximum atomic E-state index is 13.3. The largest absolute Gasteiger partial charge is 0.514 e. The number of nitro benzene ring substituents is 1. The van der Waals surface area contributed by atoms with Crippen LogP contribution in [0.1, 0.15) is 53.0 Å². The Morgan fingerprint density at radius 3 is 2.15 bits per heavy atom. The summed E-state index contributed by atoms with van der Waals surface area (Å²) in [6, 6.07) is 8.78. The number of alkyl carbamates (subject to hydrolysis) is 1. The quantitative estimate of drug-likeness (QED) is 0.0429. The zero-order chi connectivity index (χ0) is 35.4. The maximum absolute atomic E-state index is 13.3. The maximum Gasteiger partial charge on any atom is 0.514 e. The van der Waals surface area contributed by atoms with Gasteiger partial charge in [0.2, 0.25) is 11.6 Å². The zero-order valence-electron chi connectivity index (χ0n) is 26.7. The van der Waals surface area contributed by atoms with E-state index in [0.29, 0.717) is 5.56 Å². The first-order chi connectivity index (χ1) is 21.9. The number of amides is 5. The Morgan fingerprint density at radius 2 is 1.62 bits per heavy atom. The molecular weight excluding hydrogens is 620 g/mol. The molecule has 0 radical (unpaired) electrons. The highest BCUT2D eigenvalue weighted by Gasteiger charge is 2.40. The summed E-state index contributed by atoms with van der Waals surface area (Å²) in [6.45, 7) is 8.03. The van der Waals surface area contributed by atoms with E-state index in [1.165, 1.54) is 48.5 Å². The minimum absolute atomic E-state index is 0.00805. The molecule has 0 heterocycles. The van der Waals surface area contributed by atoms with Gasteiger partial charge in [-0.05, 0) is 62.9 Å². The van der Waals surface area contributed by atoms with Gasteiger partial charge in [0.15, 0.2) is 0 Å². The molecule has 256 valence electrons. The van der Waals surface area contributed by atoms with Crippen LogP contribution in [0.25, 0.3) is 0 Å². The Bertz CT molecular complexity index is 1430. The number of carbonyl (C=O) groups is 5. The van der Waals surface area contributed by atoms with E-state index in [2.05, 4.69) is 21.3 Å². The highest BCUT2D eigenvalue weighted by Crippen LogP contribution is 2.20.